The largest absolute Gasteiger partial charge is 0.480 e. The van der Waals surface area contributed by atoms with Crippen LogP contribution in [0.15, 0.2) is 0 Å². The Morgan fingerprint density at radius 1 is 1.43 bits per heavy atom. The van der Waals surface area contributed by atoms with E-state index in [0.29, 0.717) is 19.6 Å². The molecule has 0 bridgehead atoms. The van der Waals surface area contributed by atoms with Crippen molar-refractivity contribution in [2.24, 2.45) is 0 Å². The molecular formula is C12H23NO7S. The van der Waals surface area contributed by atoms with Gasteiger partial charge in [-0.2, -0.15) is 0 Å². The highest BCUT2D eigenvalue weighted by atomic mass is 32.2. The predicted octanol–water partition coefficient (Wildman–Crippen LogP) is -1.42. The molecule has 1 heterocycles. The van der Waals surface area contributed by atoms with Crippen LogP contribution in [0.4, 0.5) is 0 Å². The van der Waals surface area contributed by atoms with Crippen molar-refractivity contribution in [2.75, 3.05) is 51.5 Å². The Bertz CT molecular complexity index is 425. The summed E-state index contributed by atoms with van der Waals surface area (Å²) in [5, 5.41) is 18.8. The number of hydrogen-bond donors (Lipinski definition) is 2. The first kappa shape index (κ1) is 18.3. The van der Waals surface area contributed by atoms with Gasteiger partial charge in [0.15, 0.2) is 9.84 Å². The molecule has 0 radical (unpaired) electrons. The smallest absolute Gasteiger partial charge is 0.317 e. The van der Waals surface area contributed by atoms with Crippen molar-refractivity contribution < 1.29 is 32.9 Å². The molecule has 2 atom stereocenters. The second-order valence-corrected chi connectivity index (χ2v) is 7.33. The quantitative estimate of drug-likeness (QED) is 0.471. The van der Waals surface area contributed by atoms with Crippen LogP contribution in [-0.4, -0.2) is 93.2 Å². The summed E-state index contributed by atoms with van der Waals surface area (Å²) in [4.78, 5) is 12.4. The van der Waals surface area contributed by atoms with E-state index in [4.69, 9.17) is 14.6 Å². The molecule has 2 unspecified atom stereocenters. The first-order valence-corrected chi connectivity index (χ1v) is 8.57. The first-order chi connectivity index (χ1) is 9.84. The lowest BCUT2D eigenvalue weighted by molar-refractivity contribution is -0.139. The average molecular weight is 325 g/mol. The van der Waals surface area contributed by atoms with E-state index in [-0.39, 0.29) is 37.2 Å². The SMILES string of the molecule is COCCOCC(O)CN(CC(=O)O)C1CCS(=O)(=O)C1. The highest BCUT2D eigenvalue weighted by Crippen LogP contribution is 2.18. The zero-order valence-corrected chi connectivity index (χ0v) is 12.9. The van der Waals surface area contributed by atoms with Gasteiger partial charge in [0, 0.05) is 19.7 Å². The molecule has 0 aromatic carbocycles. The maximum atomic E-state index is 11.5. The number of sulfone groups is 1. The van der Waals surface area contributed by atoms with Crippen molar-refractivity contribution in [1.29, 1.82) is 0 Å². The van der Waals surface area contributed by atoms with Crippen LogP contribution >= 0.6 is 0 Å². The third kappa shape index (κ3) is 7.18. The fraction of sp³-hybridized carbons (Fsp3) is 0.917. The molecule has 1 saturated heterocycles. The summed E-state index contributed by atoms with van der Waals surface area (Å²) in [5.74, 6) is -1.04. The van der Waals surface area contributed by atoms with E-state index in [9.17, 15) is 18.3 Å². The molecule has 1 aliphatic rings. The van der Waals surface area contributed by atoms with Gasteiger partial charge in [-0.1, -0.05) is 0 Å². The van der Waals surface area contributed by atoms with Crippen LogP contribution in [0.25, 0.3) is 0 Å². The van der Waals surface area contributed by atoms with Crippen LogP contribution in [0.5, 0.6) is 0 Å². The number of aliphatic hydroxyl groups excluding tert-OH is 1. The summed E-state index contributed by atoms with van der Waals surface area (Å²) in [6.45, 7) is 0.574. The monoisotopic (exact) mass is 325 g/mol. The van der Waals surface area contributed by atoms with E-state index in [1.54, 1.807) is 0 Å². The topological polar surface area (TPSA) is 113 Å². The van der Waals surface area contributed by atoms with Crippen molar-refractivity contribution in [3.63, 3.8) is 0 Å². The summed E-state index contributed by atoms with van der Waals surface area (Å²) in [5.41, 5.74) is 0. The highest BCUT2D eigenvalue weighted by molar-refractivity contribution is 7.91. The summed E-state index contributed by atoms with van der Waals surface area (Å²) in [7, 11) is -1.56. The molecule has 0 aromatic rings. The summed E-state index contributed by atoms with van der Waals surface area (Å²) in [6, 6.07) is -0.361. The van der Waals surface area contributed by atoms with Crippen molar-refractivity contribution >= 4 is 15.8 Å². The summed E-state index contributed by atoms with van der Waals surface area (Å²) >= 11 is 0. The van der Waals surface area contributed by atoms with Gasteiger partial charge in [0.25, 0.3) is 0 Å². The van der Waals surface area contributed by atoms with Crippen molar-refractivity contribution in [3.8, 4) is 0 Å². The zero-order chi connectivity index (χ0) is 15.9. The first-order valence-electron chi connectivity index (χ1n) is 6.75. The van der Waals surface area contributed by atoms with Gasteiger partial charge in [0.2, 0.25) is 0 Å². The van der Waals surface area contributed by atoms with Gasteiger partial charge in [0.05, 0.1) is 44.0 Å². The Labute approximate surface area is 124 Å². The minimum atomic E-state index is -3.10. The molecule has 9 heteroatoms. The van der Waals surface area contributed by atoms with E-state index in [1.807, 2.05) is 0 Å². The zero-order valence-electron chi connectivity index (χ0n) is 12.1. The number of nitrogens with zero attached hydrogens (tertiary/aromatic N) is 1. The number of carboxylic acids is 1. The normalized spacial score (nSPS) is 22.5. The molecule has 0 aromatic heterocycles. The molecule has 1 aliphatic heterocycles. The van der Waals surface area contributed by atoms with Crippen LogP contribution in [0.2, 0.25) is 0 Å². The molecule has 0 spiro atoms. The fourth-order valence-electron chi connectivity index (χ4n) is 2.26. The van der Waals surface area contributed by atoms with Crippen molar-refractivity contribution in [3.05, 3.63) is 0 Å². The Kier molecular flexibility index (Phi) is 7.53. The van der Waals surface area contributed by atoms with Crippen LogP contribution in [0, 0.1) is 0 Å². The highest BCUT2D eigenvalue weighted by Gasteiger charge is 2.33. The number of ether oxygens (including phenoxy) is 2. The van der Waals surface area contributed by atoms with E-state index in [0.717, 1.165) is 0 Å². The van der Waals surface area contributed by atoms with Gasteiger partial charge in [-0.15, -0.1) is 0 Å². The van der Waals surface area contributed by atoms with Crippen LogP contribution in [0.1, 0.15) is 6.42 Å². The van der Waals surface area contributed by atoms with Gasteiger partial charge < -0.3 is 19.7 Å². The van der Waals surface area contributed by atoms with Crippen LogP contribution < -0.4 is 0 Å². The predicted molar refractivity (Wildman–Crippen MR) is 75.0 cm³/mol. The van der Waals surface area contributed by atoms with Gasteiger partial charge >= 0.3 is 5.97 Å². The third-order valence-corrected chi connectivity index (χ3v) is 5.00. The van der Waals surface area contributed by atoms with Gasteiger partial charge in [-0.3, -0.25) is 9.69 Å². The van der Waals surface area contributed by atoms with E-state index >= 15 is 0 Å². The molecule has 1 fully saturated rings. The molecule has 0 aliphatic carbocycles. The van der Waals surface area contributed by atoms with Gasteiger partial charge in [0.1, 0.15) is 0 Å². The number of aliphatic carboxylic acids is 1. The average Bonchev–Trinajstić information content (AvgIpc) is 2.74. The van der Waals surface area contributed by atoms with Gasteiger partial charge in [-0.25, -0.2) is 8.42 Å². The maximum absolute atomic E-state index is 11.5. The van der Waals surface area contributed by atoms with Crippen molar-refractivity contribution in [1.82, 2.24) is 4.90 Å². The van der Waals surface area contributed by atoms with E-state index < -0.39 is 21.9 Å². The van der Waals surface area contributed by atoms with Crippen LogP contribution in [-0.2, 0) is 24.1 Å². The van der Waals surface area contributed by atoms with Crippen LogP contribution in [0.3, 0.4) is 0 Å². The Morgan fingerprint density at radius 3 is 2.67 bits per heavy atom. The second kappa shape index (κ2) is 8.64. The molecule has 21 heavy (non-hydrogen) atoms. The number of carboxylic acid groups (broad SMARTS) is 1. The van der Waals surface area contributed by atoms with Crippen molar-refractivity contribution in [2.45, 2.75) is 18.6 Å². The summed E-state index contributed by atoms with van der Waals surface area (Å²) in [6.07, 6.45) is -0.475. The molecule has 0 amide bonds. The Hall–Kier alpha value is -0.740. The molecule has 2 N–H and O–H groups in total. The third-order valence-electron chi connectivity index (χ3n) is 3.25. The molecule has 8 nitrogen and oxygen atoms in total. The minimum Gasteiger partial charge on any atom is -0.480 e. The standard InChI is InChI=1S/C12H23NO7S/c1-19-3-4-20-8-11(14)6-13(7-12(15)16)10-2-5-21(17,18)9-10/h10-11,14H,2-9H2,1H3,(H,15,16). The molecule has 0 saturated carbocycles. The molecule has 1 rings (SSSR count). The lowest BCUT2D eigenvalue weighted by Gasteiger charge is -2.28. The maximum Gasteiger partial charge on any atom is 0.317 e. The Morgan fingerprint density at radius 2 is 2.14 bits per heavy atom. The molecule has 124 valence electrons. The lowest BCUT2D eigenvalue weighted by atomic mass is 10.2. The van der Waals surface area contributed by atoms with Gasteiger partial charge in [-0.05, 0) is 6.42 Å². The lowest BCUT2D eigenvalue weighted by Crippen LogP contribution is -2.45. The number of carbonyl (C=O) groups is 1. The van der Waals surface area contributed by atoms with E-state index in [2.05, 4.69) is 0 Å². The second-order valence-electron chi connectivity index (χ2n) is 5.10. The molecular weight excluding hydrogens is 302 g/mol. The number of hydrogen-bond acceptors (Lipinski definition) is 7. The summed E-state index contributed by atoms with van der Waals surface area (Å²) < 4.78 is 32.9. The fourth-order valence-corrected chi connectivity index (χ4v) is 4.03. The number of aliphatic hydroxyl groups is 1. The van der Waals surface area contributed by atoms with E-state index in [1.165, 1.54) is 12.0 Å². The number of methoxy groups -OCH3 is 1. The minimum absolute atomic E-state index is 0.0545. The number of rotatable bonds is 10. The Balaban J connectivity index is 2.48.